The minimum absolute atomic E-state index is 0. The summed E-state index contributed by atoms with van der Waals surface area (Å²) < 4.78 is 1.96. The summed E-state index contributed by atoms with van der Waals surface area (Å²) in [5.74, 6) is 0.205. The van der Waals surface area contributed by atoms with Gasteiger partial charge in [0.05, 0.1) is 23.1 Å². The van der Waals surface area contributed by atoms with Crippen LogP contribution in [0.3, 0.4) is 0 Å². The van der Waals surface area contributed by atoms with Crippen LogP contribution in [0.4, 0.5) is 5.69 Å². The van der Waals surface area contributed by atoms with Gasteiger partial charge in [-0.25, -0.2) is 4.68 Å². The van der Waals surface area contributed by atoms with Crippen molar-refractivity contribution in [1.29, 1.82) is 0 Å². The van der Waals surface area contributed by atoms with Crippen LogP contribution < -0.4 is 10.6 Å². The number of piperidine rings is 1. The molecule has 4 rings (SSSR count). The molecule has 158 valence electrons. The van der Waals surface area contributed by atoms with Gasteiger partial charge >= 0.3 is 0 Å². The third-order valence-electron chi connectivity index (χ3n) is 5.82. The van der Waals surface area contributed by atoms with Crippen LogP contribution in [0.2, 0.25) is 0 Å². The highest BCUT2D eigenvalue weighted by molar-refractivity contribution is 6.05. The standard InChI is InChI=1S/C24H28N4O.ClH/c1-16-4-7-20(8-5-16)27-24(29)22-15-26-28(21-9-6-17(2)18(3)14-21)23(22)19-10-12-25-13-11-19;/h4-9,14-15,19,25H,10-13H2,1-3H3,(H,27,29);1H. The molecule has 1 aromatic heterocycles. The van der Waals surface area contributed by atoms with Crippen LogP contribution >= 0.6 is 12.4 Å². The number of hydrogen-bond acceptors (Lipinski definition) is 3. The van der Waals surface area contributed by atoms with E-state index in [0.717, 1.165) is 43.0 Å². The molecule has 0 bridgehead atoms. The summed E-state index contributed by atoms with van der Waals surface area (Å²) in [6, 6.07) is 14.2. The number of carbonyl (C=O) groups is 1. The van der Waals surface area contributed by atoms with Gasteiger partial charge in [-0.15, -0.1) is 12.4 Å². The maximum atomic E-state index is 13.1. The minimum Gasteiger partial charge on any atom is -0.322 e. The van der Waals surface area contributed by atoms with Crippen molar-refractivity contribution in [2.24, 2.45) is 0 Å². The zero-order valence-corrected chi connectivity index (χ0v) is 18.6. The highest BCUT2D eigenvalue weighted by Crippen LogP contribution is 2.31. The number of benzene rings is 2. The summed E-state index contributed by atoms with van der Waals surface area (Å²) in [5, 5.41) is 11.1. The number of anilines is 1. The van der Waals surface area contributed by atoms with Gasteiger partial charge in [0, 0.05) is 11.6 Å². The number of halogens is 1. The van der Waals surface area contributed by atoms with Crippen molar-refractivity contribution in [2.45, 2.75) is 39.5 Å². The number of nitrogens with one attached hydrogen (secondary N) is 2. The van der Waals surface area contributed by atoms with Crippen LogP contribution in [0.25, 0.3) is 5.69 Å². The van der Waals surface area contributed by atoms with E-state index >= 15 is 0 Å². The first-order valence-corrected chi connectivity index (χ1v) is 10.3. The van der Waals surface area contributed by atoms with E-state index in [-0.39, 0.29) is 18.3 Å². The molecule has 1 aliphatic rings. The van der Waals surface area contributed by atoms with E-state index in [1.807, 2.05) is 35.9 Å². The topological polar surface area (TPSA) is 59.0 Å². The largest absolute Gasteiger partial charge is 0.322 e. The Hall–Kier alpha value is -2.63. The second-order valence-corrected chi connectivity index (χ2v) is 7.97. The first-order valence-electron chi connectivity index (χ1n) is 10.3. The number of aryl methyl sites for hydroxylation is 3. The Kier molecular flexibility index (Phi) is 6.95. The van der Waals surface area contributed by atoms with Crippen molar-refractivity contribution in [1.82, 2.24) is 15.1 Å². The van der Waals surface area contributed by atoms with E-state index in [2.05, 4.69) is 47.8 Å². The molecule has 6 heteroatoms. The highest BCUT2D eigenvalue weighted by atomic mass is 35.5. The molecule has 5 nitrogen and oxygen atoms in total. The van der Waals surface area contributed by atoms with Gasteiger partial charge in [0.15, 0.2) is 0 Å². The van der Waals surface area contributed by atoms with Gasteiger partial charge in [0.25, 0.3) is 5.91 Å². The molecule has 2 heterocycles. The maximum Gasteiger partial charge on any atom is 0.259 e. The normalized spacial score (nSPS) is 14.2. The van der Waals surface area contributed by atoms with E-state index in [0.29, 0.717) is 11.5 Å². The molecule has 2 N–H and O–H groups in total. The lowest BCUT2D eigenvalue weighted by Crippen LogP contribution is -2.29. The number of nitrogens with zero attached hydrogens (tertiary/aromatic N) is 2. The monoisotopic (exact) mass is 424 g/mol. The lowest BCUT2D eigenvalue weighted by atomic mass is 9.91. The van der Waals surface area contributed by atoms with Crippen molar-refractivity contribution in [2.75, 3.05) is 18.4 Å². The van der Waals surface area contributed by atoms with Gasteiger partial charge in [-0.05, 0) is 82.1 Å². The Bertz CT molecular complexity index is 1020. The van der Waals surface area contributed by atoms with Crippen LogP contribution in [0.5, 0.6) is 0 Å². The molecule has 0 radical (unpaired) electrons. The third kappa shape index (κ3) is 4.58. The fourth-order valence-corrected chi connectivity index (χ4v) is 3.92. The molecule has 0 aliphatic carbocycles. The number of hydrogen-bond donors (Lipinski definition) is 2. The Morgan fingerprint density at radius 1 is 1.03 bits per heavy atom. The molecule has 1 aliphatic heterocycles. The van der Waals surface area contributed by atoms with E-state index in [9.17, 15) is 4.79 Å². The van der Waals surface area contributed by atoms with Crippen molar-refractivity contribution >= 4 is 24.0 Å². The van der Waals surface area contributed by atoms with Crippen molar-refractivity contribution in [3.05, 3.63) is 76.6 Å². The van der Waals surface area contributed by atoms with E-state index in [1.54, 1.807) is 6.20 Å². The summed E-state index contributed by atoms with van der Waals surface area (Å²) in [6.45, 7) is 8.17. The zero-order chi connectivity index (χ0) is 20.4. The van der Waals surface area contributed by atoms with Crippen LogP contribution in [0.1, 0.15) is 51.5 Å². The fraction of sp³-hybridized carbons (Fsp3) is 0.333. The molecule has 0 saturated carbocycles. The average Bonchev–Trinajstić information content (AvgIpc) is 3.18. The van der Waals surface area contributed by atoms with Gasteiger partial charge in [-0.1, -0.05) is 23.8 Å². The quantitative estimate of drug-likeness (QED) is 0.623. The van der Waals surface area contributed by atoms with Gasteiger partial charge in [-0.2, -0.15) is 5.10 Å². The number of aromatic nitrogens is 2. The first kappa shape index (κ1) is 22.1. The molecule has 1 amide bonds. The van der Waals surface area contributed by atoms with Crippen LogP contribution in [-0.4, -0.2) is 28.8 Å². The summed E-state index contributed by atoms with van der Waals surface area (Å²) in [6.07, 6.45) is 3.72. The molecular formula is C24H29ClN4O. The van der Waals surface area contributed by atoms with Crippen LogP contribution in [-0.2, 0) is 0 Å². The van der Waals surface area contributed by atoms with E-state index in [1.165, 1.54) is 16.7 Å². The molecular weight excluding hydrogens is 396 g/mol. The molecule has 1 fully saturated rings. The lowest BCUT2D eigenvalue weighted by Gasteiger charge is -2.25. The predicted molar refractivity (Wildman–Crippen MR) is 124 cm³/mol. The molecule has 0 unspecified atom stereocenters. The summed E-state index contributed by atoms with van der Waals surface area (Å²) >= 11 is 0. The molecule has 1 saturated heterocycles. The Labute approximate surface area is 184 Å². The Balaban J connectivity index is 0.00000256. The second kappa shape index (κ2) is 9.45. The van der Waals surface area contributed by atoms with Crippen LogP contribution in [0, 0.1) is 20.8 Å². The number of rotatable bonds is 4. The van der Waals surface area contributed by atoms with Gasteiger partial charge in [0.2, 0.25) is 0 Å². The predicted octanol–water partition coefficient (Wildman–Crippen LogP) is 4.94. The maximum absolute atomic E-state index is 13.1. The van der Waals surface area contributed by atoms with Crippen molar-refractivity contribution in [3.63, 3.8) is 0 Å². The molecule has 30 heavy (non-hydrogen) atoms. The Morgan fingerprint density at radius 2 is 1.73 bits per heavy atom. The summed E-state index contributed by atoms with van der Waals surface area (Å²) in [5.41, 5.74) is 7.13. The molecule has 0 spiro atoms. The van der Waals surface area contributed by atoms with Crippen molar-refractivity contribution < 1.29 is 4.79 Å². The summed E-state index contributed by atoms with van der Waals surface area (Å²) in [7, 11) is 0. The van der Waals surface area contributed by atoms with Crippen LogP contribution in [0.15, 0.2) is 48.7 Å². The zero-order valence-electron chi connectivity index (χ0n) is 17.7. The molecule has 0 atom stereocenters. The fourth-order valence-electron chi connectivity index (χ4n) is 3.92. The number of amides is 1. The highest BCUT2D eigenvalue weighted by Gasteiger charge is 2.27. The first-order chi connectivity index (χ1) is 14.0. The van der Waals surface area contributed by atoms with Gasteiger partial charge in [0.1, 0.15) is 0 Å². The van der Waals surface area contributed by atoms with Crippen molar-refractivity contribution in [3.8, 4) is 5.69 Å². The second-order valence-electron chi connectivity index (χ2n) is 7.97. The molecule has 3 aromatic rings. The number of carbonyl (C=O) groups excluding carboxylic acids is 1. The molecule has 2 aromatic carbocycles. The Morgan fingerprint density at radius 3 is 2.40 bits per heavy atom. The average molecular weight is 425 g/mol. The smallest absolute Gasteiger partial charge is 0.259 e. The van der Waals surface area contributed by atoms with E-state index in [4.69, 9.17) is 0 Å². The van der Waals surface area contributed by atoms with Gasteiger partial charge in [-0.3, -0.25) is 4.79 Å². The SMILES string of the molecule is Cc1ccc(NC(=O)c2cnn(-c3ccc(C)c(C)c3)c2C2CCNCC2)cc1.Cl. The van der Waals surface area contributed by atoms with Gasteiger partial charge < -0.3 is 10.6 Å². The lowest BCUT2D eigenvalue weighted by molar-refractivity contribution is 0.102. The van der Waals surface area contributed by atoms with E-state index < -0.39 is 0 Å². The third-order valence-corrected chi connectivity index (χ3v) is 5.82. The minimum atomic E-state index is -0.0996. The summed E-state index contributed by atoms with van der Waals surface area (Å²) in [4.78, 5) is 13.1.